The van der Waals surface area contributed by atoms with Crippen LogP contribution in [0.3, 0.4) is 0 Å². The van der Waals surface area contributed by atoms with Gasteiger partial charge in [-0.25, -0.2) is 0 Å². The van der Waals surface area contributed by atoms with E-state index in [2.05, 4.69) is 90.3 Å². The molecule has 0 aliphatic carbocycles. The highest BCUT2D eigenvalue weighted by atomic mass is 127. The molecule has 0 amide bonds. The number of halogens is 1. The minimum atomic E-state index is 0.286. The van der Waals surface area contributed by atoms with E-state index in [0.717, 1.165) is 13.0 Å². The summed E-state index contributed by atoms with van der Waals surface area (Å²) in [7, 11) is 0. The first-order valence-corrected chi connectivity index (χ1v) is 7.85. The van der Waals surface area contributed by atoms with Gasteiger partial charge in [-0.1, -0.05) is 49.4 Å². The summed E-state index contributed by atoms with van der Waals surface area (Å²) in [6.45, 7) is 5.42. The Labute approximate surface area is 129 Å². The smallest absolute Gasteiger partial charge is 0.0589 e. The molecule has 1 unspecified atom stereocenters. The predicted octanol–water partition coefficient (Wildman–Crippen LogP) is 4.69. The zero-order chi connectivity index (χ0) is 13.7. The topological polar surface area (TPSA) is 12.0 Å². The number of nitrogens with one attached hydrogen (secondary N) is 1. The second-order valence-electron chi connectivity index (χ2n) is 4.77. The van der Waals surface area contributed by atoms with Gasteiger partial charge < -0.3 is 5.32 Å². The fourth-order valence-electron chi connectivity index (χ4n) is 2.30. The minimum Gasteiger partial charge on any atom is -0.306 e. The fourth-order valence-corrected chi connectivity index (χ4v) is 2.99. The normalized spacial score (nSPS) is 12.4. The molecule has 0 spiro atoms. The molecule has 0 aliphatic heterocycles. The van der Waals surface area contributed by atoms with Gasteiger partial charge in [0, 0.05) is 3.57 Å². The van der Waals surface area contributed by atoms with E-state index in [0.29, 0.717) is 0 Å². The van der Waals surface area contributed by atoms with E-state index in [1.54, 1.807) is 0 Å². The molecule has 1 nitrogen and oxygen atoms in total. The maximum absolute atomic E-state index is 3.68. The van der Waals surface area contributed by atoms with Crippen LogP contribution in [0.15, 0.2) is 48.5 Å². The lowest BCUT2D eigenvalue weighted by molar-refractivity contribution is 0.594. The van der Waals surface area contributed by atoms with Crippen molar-refractivity contribution in [2.45, 2.75) is 26.3 Å². The van der Waals surface area contributed by atoms with Crippen LogP contribution < -0.4 is 5.32 Å². The van der Waals surface area contributed by atoms with Crippen LogP contribution in [0.5, 0.6) is 0 Å². The van der Waals surface area contributed by atoms with Crippen LogP contribution in [0.4, 0.5) is 0 Å². The van der Waals surface area contributed by atoms with Crippen LogP contribution in [0.1, 0.15) is 36.1 Å². The van der Waals surface area contributed by atoms with Crippen LogP contribution in [0.25, 0.3) is 0 Å². The number of hydrogen-bond donors (Lipinski definition) is 1. The summed E-state index contributed by atoms with van der Waals surface area (Å²) in [4.78, 5) is 0. The number of aryl methyl sites for hydroxylation is 1. The van der Waals surface area contributed by atoms with E-state index in [9.17, 15) is 0 Å². The number of benzene rings is 2. The van der Waals surface area contributed by atoms with Gasteiger partial charge in [0.15, 0.2) is 0 Å². The molecule has 2 rings (SSSR count). The molecule has 0 heterocycles. The van der Waals surface area contributed by atoms with Crippen molar-refractivity contribution in [3.8, 4) is 0 Å². The molecule has 0 saturated heterocycles. The van der Waals surface area contributed by atoms with Gasteiger partial charge in [0.2, 0.25) is 0 Å². The maximum Gasteiger partial charge on any atom is 0.0589 e. The van der Waals surface area contributed by atoms with Gasteiger partial charge in [0.05, 0.1) is 6.04 Å². The third kappa shape index (κ3) is 3.57. The Morgan fingerprint density at radius 3 is 2.26 bits per heavy atom. The van der Waals surface area contributed by atoms with Crippen molar-refractivity contribution in [2.24, 2.45) is 0 Å². The third-order valence-electron chi connectivity index (χ3n) is 3.31. The Morgan fingerprint density at radius 2 is 1.63 bits per heavy atom. The Kier molecular flexibility index (Phi) is 5.40. The van der Waals surface area contributed by atoms with Gasteiger partial charge in [-0.2, -0.15) is 0 Å². The first-order chi connectivity index (χ1) is 9.24. The van der Waals surface area contributed by atoms with Crippen molar-refractivity contribution in [3.63, 3.8) is 0 Å². The van der Waals surface area contributed by atoms with Gasteiger partial charge in [-0.15, -0.1) is 0 Å². The summed E-state index contributed by atoms with van der Waals surface area (Å²) in [5.74, 6) is 0. The summed E-state index contributed by atoms with van der Waals surface area (Å²) in [6, 6.07) is 17.5. The highest BCUT2D eigenvalue weighted by Crippen LogP contribution is 2.28. The van der Waals surface area contributed by atoms with E-state index in [4.69, 9.17) is 0 Å². The van der Waals surface area contributed by atoms with Crippen LogP contribution in [0.2, 0.25) is 0 Å². The van der Waals surface area contributed by atoms with E-state index in [1.807, 2.05) is 0 Å². The average Bonchev–Trinajstić information content (AvgIpc) is 2.42. The van der Waals surface area contributed by atoms with Gasteiger partial charge >= 0.3 is 0 Å². The molecule has 0 radical (unpaired) electrons. The van der Waals surface area contributed by atoms with Gasteiger partial charge in [0.1, 0.15) is 0 Å². The standard InChI is InChI=1S/C17H20IN/c1-3-12-19-17(14-9-5-4-8-13(14)2)15-10-6-7-11-16(15)18/h4-11,17,19H,3,12H2,1-2H3. The lowest BCUT2D eigenvalue weighted by atomic mass is 9.95. The molecule has 0 bridgehead atoms. The first kappa shape index (κ1) is 14.5. The molecule has 2 aromatic carbocycles. The molecule has 0 fully saturated rings. The van der Waals surface area contributed by atoms with Crippen molar-refractivity contribution in [3.05, 3.63) is 68.8 Å². The summed E-state index contributed by atoms with van der Waals surface area (Å²) in [5, 5.41) is 3.68. The highest BCUT2D eigenvalue weighted by Gasteiger charge is 2.16. The molecule has 100 valence electrons. The van der Waals surface area contributed by atoms with Crippen LogP contribution in [-0.4, -0.2) is 6.54 Å². The van der Waals surface area contributed by atoms with E-state index >= 15 is 0 Å². The van der Waals surface area contributed by atoms with Crippen LogP contribution in [-0.2, 0) is 0 Å². The first-order valence-electron chi connectivity index (χ1n) is 6.77. The summed E-state index contributed by atoms with van der Waals surface area (Å²) < 4.78 is 1.32. The molecule has 1 N–H and O–H groups in total. The average molecular weight is 365 g/mol. The Hall–Kier alpha value is -0.870. The predicted molar refractivity (Wildman–Crippen MR) is 90.5 cm³/mol. The van der Waals surface area contributed by atoms with Crippen molar-refractivity contribution >= 4 is 22.6 Å². The number of hydrogen-bond acceptors (Lipinski definition) is 1. The quantitative estimate of drug-likeness (QED) is 0.759. The van der Waals surface area contributed by atoms with Crippen molar-refractivity contribution < 1.29 is 0 Å². The minimum absolute atomic E-state index is 0.286. The van der Waals surface area contributed by atoms with Gasteiger partial charge in [-0.3, -0.25) is 0 Å². The molecule has 2 heteroatoms. The second kappa shape index (κ2) is 7.06. The second-order valence-corrected chi connectivity index (χ2v) is 5.93. The zero-order valence-electron chi connectivity index (χ0n) is 11.5. The highest BCUT2D eigenvalue weighted by molar-refractivity contribution is 14.1. The van der Waals surface area contributed by atoms with Gasteiger partial charge in [-0.05, 0) is 65.2 Å². The Bertz CT molecular complexity index is 491. The number of rotatable bonds is 5. The van der Waals surface area contributed by atoms with Crippen LogP contribution >= 0.6 is 22.6 Å². The molecular weight excluding hydrogens is 345 g/mol. The lowest BCUT2D eigenvalue weighted by Gasteiger charge is -2.22. The summed E-state index contributed by atoms with van der Waals surface area (Å²) >= 11 is 2.43. The summed E-state index contributed by atoms with van der Waals surface area (Å²) in [6.07, 6.45) is 1.14. The van der Waals surface area contributed by atoms with Crippen molar-refractivity contribution in [2.75, 3.05) is 6.54 Å². The molecule has 0 aromatic heterocycles. The monoisotopic (exact) mass is 365 g/mol. The van der Waals surface area contributed by atoms with Crippen molar-refractivity contribution in [1.82, 2.24) is 5.32 Å². The fraction of sp³-hybridized carbons (Fsp3) is 0.294. The zero-order valence-corrected chi connectivity index (χ0v) is 13.6. The van der Waals surface area contributed by atoms with E-state index < -0.39 is 0 Å². The van der Waals surface area contributed by atoms with E-state index in [-0.39, 0.29) is 6.04 Å². The Balaban J connectivity index is 2.42. The summed E-state index contributed by atoms with van der Waals surface area (Å²) in [5.41, 5.74) is 4.08. The lowest BCUT2D eigenvalue weighted by Crippen LogP contribution is -2.24. The maximum atomic E-state index is 3.68. The third-order valence-corrected chi connectivity index (χ3v) is 4.30. The molecule has 2 aromatic rings. The molecule has 19 heavy (non-hydrogen) atoms. The molecule has 1 atom stereocenters. The SMILES string of the molecule is CCCNC(c1ccccc1C)c1ccccc1I. The van der Waals surface area contributed by atoms with Gasteiger partial charge in [0.25, 0.3) is 0 Å². The van der Waals surface area contributed by atoms with Crippen LogP contribution in [0, 0.1) is 10.5 Å². The molecule has 0 aliphatic rings. The van der Waals surface area contributed by atoms with Crippen molar-refractivity contribution in [1.29, 1.82) is 0 Å². The molecular formula is C17H20IN. The van der Waals surface area contributed by atoms with E-state index in [1.165, 1.54) is 20.3 Å². The molecule has 0 saturated carbocycles. The Morgan fingerprint density at radius 1 is 1.00 bits per heavy atom. The largest absolute Gasteiger partial charge is 0.306 e.